The molecule has 0 fully saturated rings. The van der Waals surface area contributed by atoms with Crippen molar-refractivity contribution in [3.8, 4) is 0 Å². The van der Waals surface area contributed by atoms with Gasteiger partial charge in [-0.05, 0) is 30.7 Å². The molecule has 18 heavy (non-hydrogen) atoms. The third kappa shape index (κ3) is 4.01. The van der Waals surface area contributed by atoms with Crippen molar-refractivity contribution in [2.75, 3.05) is 25.4 Å². The Morgan fingerprint density at radius 1 is 1.44 bits per heavy atom. The summed E-state index contributed by atoms with van der Waals surface area (Å²) in [6.45, 7) is 4.67. The summed E-state index contributed by atoms with van der Waals surface area (Å²) < 4.78 is 0. The molecule has 0 aliphatic heterocycles. The molecule has 0 saturated carbocycles. The molecule has 0 aromatic heterocycles. The average molecular weight is 251 g/mol. The monoisotopic (exact) mass is 251 g/mol. The lowest BCUT2D eigenvalue weighted by atomic mass is 10.1. The van der Waals surface area contributed by atoms with Crippen LogP contribution in [0.5, 0.6) is 0 Å². The molecule has 1 amide bonds. The maximum absolute atomic E-state index is 11.0. The highest BCUT2D eigenvalue weighted by molar-refractivity contribution is 5.93. The molecule has 0 atom stereocenters. The van der Waals surface area contributed by atoms with Crippen LogP contribution in [-0.2, 0) is 6.54 Å². The number of anilines is 1. The summed E-state index contributed by atoms with van der Waals surface area (Å²) in [6, 6.07) is 5.13. The van der Waals surface area contributed by atoms with Crippen LogP contribution < -0.4 is 11.5 Å². The Balaban J connectivity index is 2.74. The minimum Gasteiger partial charge on any atom is -0.398 e. The fourth-order valence-corrected chi connectivity index (χ4v) is 1.78. The van der Waals surface area contributed by atoms with Crippen molar-refractivity contribution in [1.82, 2.24) is 4.90 Å². The minimum atomic E-state index is -0.471. The van der Waals surface area contributed by atoms with Gasteiger partial charge in [0.25, 0.3) is 0 Å². The number of hydrogen-bond acceptors (Lipinski definition) is 4. The van der Waals surface area contributed by atoms with Crippen LogP contribution in [0.3, 0.4) is 0 Å². The quantitative estimate of drug-likeness (QED) is 0.618. The van der Waals surface area contributed by atoms with E-state index in [1.165, 1.54) is 0 Å². The van der Waals surface area contributed by atoms with Crippen LogP contribution in [0, 0.1) is 0 Å². The molecule has 0 unspecified atom stereocenters. The molecular weight excluding hydrogens is 230 g/mol. The zero-order valence-electron chi connectivity index (χ0n) is 10.7. The number of nitrogen functional groups attached to an aromatic ring is 1. The maximum atomic E-state index is 11.0. The second-order valence-corrected chi connectivity index (χ2v) is 4.22. The second kappa shape index (κ2) is 6.98. The Morgan fingerprint density at radius 2 is 2.17 bits per heavy atom. The number of aliphatic hydroxyl groups excluding tert-OH is 1. The van der Waals surface area contributed by atoms with Gasteiger partial charge in [-0.15, -0.1) is 0 Å². The predicted octanol–water partition coefficient (Wildman–Crippen LogP) is 0.572. The van der Waals surface area contributed by atoms with Crippen molar-refractivity contribution < 1.29 is 9.90 Å². The van der Waals surface area contributed by atoms with Gasteiger partial charge in [0.05, 0.1) is 0 Å². The Bertz CT molecular complexity index is 407. The zero-order valence-corrected chi connectivity index (χ0v) is 10.7. The van der Waals surface area contributed by atoms with E-state index in [-0.39, 0.29) is 6.61 Å². The maximum Gasteiger partial charge on any atom is 0.248 e. The van der Waals surface area contributed by atoms with E-state index in [1.807, 2.05) is 6.07 Å². The van der Waals surface area contributed by atoms with Crippen molar-refractivity contribution in [1.29, 1.82) is 0 Å². The third-order valence-corrected chi connectivity index (χ3v) is 2.90. The first-order chi connectivity index (χ1) is 8.58. The molecular formula is C13H21N3O2. The Kier molecular flexibility index (Phi) is 5.61. The first-order valence-corrected chi connectivity index (χ1v) is 6.10. The van der Waals surface area contributed by atoms with Crippen LogP contribution in [0.25, 0.3) is 0 Å². The summed E-state index contributed by atoms with van der Waals surface area (Å²) in [5, 5.41) is 8.83. The first-order valence-electron chi connectivity index (χ1n) is 6.10. The smallest absolute Gasteiger partial charge is 0.248 e. The van der Waals surface area contributed by atoms with Crippen molar-refractivity contribution in [2.24, 2.45) is 5.73 Å². The second-order valence-electron chi connectivity index (χ2n) is 4.22. The molecule has 0 aliphatic rings. The SMILES string of the molecule is CCN(CCCO)Cc1ccc(C(N)=O)cc1N. The van der Waals surface area contributed by atoms with Gasteiger partial charge in [0.15, 0.2) is 0 Å². The van der Waals surface area contributed by atoms with Crippen molar-refractivity contribution in [3.63, 3.8) is 0 Å². The summed E-state index contributed by atoms with van der Waals surface area (Å²) in [5.74, 6) is -0.471. The van der Waals surface area contributed by atoms with E-state index < -0.39 is 5.91 Å². The lowest BCUT2D eigenvalue weighted by molar-refractivity contribution is 0.100. The number of aliphatic hydroxyl groups is 1. The molecule has 1 rings (SSSR count). The number of nitrogens with zero attached hydrogens (tertiary/aromatic N) is 1. The van der Waals surface area contributed by atoms with E-state index in [4.69, 9.17) is 16.6 Å². The molecule has 0 spiro atoms. The number of primary amides is 1. The third-order valence-electron chi connectivity index (χ3n) is 2.90. The predicted molar refractivity (Wildman–Crippen MR) is 72.0 cm³/mol. The van der Waals surface area contributed by atoms with Crippen molar-refractivity contribution in [3.05, 3.63) is 29.3 Å². The molecule has 5 N–H and O–H groups in total. The molecule has 100 valence electrons. The van der Waals surface area contributed by atoms with Gasteiger partial charge in [-0.1, -0.05) is 13.0 Å². The van der Waals surface area contributed by atoms with Gasteiger partial charge in [0.2, 0.25) is 5.91 Å². The van der Waals surface area contributed by atoms with Gasteiger partial charge in [-0.25, -0.2) is 0 Å². The van der Waals surface area contributed by atoms with E-state index in [9.17, 15) is 4.79 Å². The fourth-order valence-electron chi connectivity index (χ4n) is 1.78. The summed E-state index contributed by atoms with van der Waals surface area (Å²) in [6.07, 6.45) is 0.743. The van der Waals surface area contributed by atoms with Crippen LogP contribution in [-0.4, -0.2) is 35.6 Å². The van der Waals surface area contributed by atoms with Crippen molar-refractivity contribution >= 4 is 11.6 Å². The first kappa shape index (κ1) is 14.5. The zero-order chi connectivity index (χ0) is 13.5. The fraction of sp³-hybridized carbons (Fsp3) is 0.462. The summed E-state index contributed by atoms with van der Waals surface area (Å²) >= 11 is 0. The summed E-state index contributed by atoms with van der Waals surface area (Å²) in [5.41, 5.74) is 13.1. The largest absolute Gasteiger partial charge is 0.398 e. The van der Waals surface area contributed by atoms with E-state index in [0.29, 0.717) is 17.8 Å². The summed E-state index contributed by atoms with van der Waals surface area (Å²) in [4.78, 5) is 13.2. The number of carbonyl (C=O) groups is 1. The van der Waals surface area contributed by atoms with Gasteiger partial charge >= 0.3 is 0 Å². The molecule has 0 saturated heterocycles. The van der Waals surface area contributed by atoms with Gasteiger partial charge in [0, 0.05) is 30.9 Å². The molecule has 0 aliphatic carbocycles. The normalized spacial score (nSPS) is 10.8. The van der Waals surface area contributed by atoms with Crippen LogP contribution in [0.4, 0.5) is 5.69 Å². The van der Waals surface area contributed by atoms with E-state index in [1.54, 1.807) is 12.1 Å². The highest BCUT2D eigenvalue weighted by Gasteiger charge is 2.08. The van der Waals surface area contributed by atoms with Crippen LogP contribution in [0.2, 0.25) is 0 Å². The Morgan fingerprint density at radius 3 is 2.67 bits per heavy atom. The van der Waals surface area contributed by atoms with Gasteiger partial charge in [-0.3, -0.25) is 9.69 Å². The number of nitrogens with two attached hydrogens (primary N) is 2. The number of amides is 1. The number of benzene rings is 1. The molecule has 1 aromatic carbocycles. The Labute approximate surface area is 107 Å². The lowest BCUT2D eigenvalue weighted by Crippen LogP contribution is -2.25. The van der Waals surface area contributed by atoms with E-state index in [2.05, 4.69) is 11.8 Å². The number of carbonyl (C=O) groups excluding carboxylic acids is 1. The van der Waals surface area contributed by atoms with Crippen LogP contribution in [0.1, 0.15) is 29.3 Å². The number of rotatable bonds is 7. The average Bonchev–Trinajstić information content (AvgIpc) is 2.35. The van der Waals surface area contributed by atoms with Gasteiger partial charge < -0.3 is 16.6 Å². The van der Waals surface area contributed by atoms with E-state index >= 15 is 0 Å². The van der Waals surface area contributed by atoms with Crippen LogP contribution in [0.15, 0.2) is 18.2 Å². The van der Waals surface area contributed by atoms with Gasteiger partial charge in [-0.2, -0.15) is 0 Å². The molecule has 0 bridgehead atoms. The molecule has 1 aromatic rings. The van der Waals surface area contributed by atoms with Crippen LogP contribution >= 0.6 is 0 Å². The van der Waals surface area contributed by atoms with Crippen molar-refractivity contribution in [2.45, 2.75) is 19.9 Å². The van der Waals surface area contributed by atoms with Gasteiger partial charge in [0.1, 0.15) is 0 Å². The number of hydrogen-bond donors (Lipinski definition) is 3. The Hall–Kier alpha value is -1.59. The molecule has 0 heterocycles. The molecule has 5 nitrogen and oxygen atoms in total. The lowest BCUT2D eigenvalue weighted by Gasteiger charge is -2.21. The summed E-state index contributed by atoms with van der Waals surface area (Å²) in [7, 11) is 0. The highest BCUT2D eigenvalue weighted by atomic mass is 16.3. The van der Waals surface area contributed by atoms with E-state index in [0.717, 1.165) is 25.1 Å². The standard InChI is InChI=1S/C13H21N3O2/c1-2-16(6-3-7-17)9-11-5-4-10(13(15)18)8-12(11)14/h4-5,8,17H,2-3,6-7,9,14H2,1H3,(H2,15,18). The highest BCUT2D eigenvalue weighted by Crippen LogP contribution is 2.16. The molecule has 5 heteroatoms. The minimum absolute atomic E-state index is 0.187. The topological polar surface area (TPSA) is 92.6 Å². The molecule has 0 radical (unpaired) electrons.